The molecule has 18 heteroatoms. The SMILES string of the molecule is CCOP(=O)(O)C(Cc1c[nH]c2ccccc12)NC(=O)C(CC(C)C)NC(C)=O.CCOP(=O)(OCC)C(Cc1c[nH]c2ccccc12)NC(=O)C(CC(C)C)NC(C)=O. The van der Waals surface area contributed by atoms with Crippen LogP contribution in [0, 0.1) is 11.8 Å². The predicted molar refractivity (Wildman–Crippen MR) is 234 cm³/mol. The van der Waals surface area contributed by atoms with Gasteiger partial charge in [0.25, 0.3) is 0 Å². The normalized spacial score (nSPS) is 14.7. The highest BCUT2D eigenvalue weighted by atomic mass is 31.2. The van der Waals surface area contributed by atoms with Crippen LogP contribution in [0.5, 0.6) is 0 Å². The topological polar surface area (TPSA) is 230 Å². The molecule has 0 saturated carbocycles. The van der Waals surface area contributed by atoms with Crippen molar-refractivity contribution in [3.05, 3.63) is 72.1 Å². The molecule has 4 rings (SSSR count). The number of aromatic nitrogens is 2. The highest BCUT2D eigenvalue weighted by Gasteiger charge is 2.39. The van der Waals surface area contributed by atoms with Crippen LogP contribution in [0.2, 0.25) is 0 Å². The third kappa shape index (κ3) is 15.0. The molecule has 332 valence electrons. The lowest BCUT2D eigenvalue weighted by Crippen LogP contribution is -2.50. The van der Waals surface area contributed by atoms with Crippen molar-refractivity contribution in [2.75, 3.05) is 19.8 Å². The first kappa shape index (κ1) is 50.1. The molecule has 4 amide bonds. The highest BCUT2D eigenvalue weighted by Crippen LogP contribution is 2.53. The van der Waals surface area contributed by atoms with Gasteiger partial charge in [-0.3, -0.25) is 28.3 Å². The molecule has 0 aliphatic carbocycles. The second-order valence-corrected chi connectivity index (χ2v) is 19.5. The van der Waals surface area contributed by atoms with Gasteiger partial charge in [0, 0.05) is 60.9 Å². The molecule has 5 atom stereocenters. The number of fused-ring (bicyclic) bond motifs is 2. The van der Waals surface area contributed by atoms with Gasteiger partial charge in [0.15, 0.2) is 0 Å². The van der Waals surface area contributed by atoms with E-state index in [0.717, 1.165) is 32.9 Å². The maximum absolute atomic E-state index is 13.6. The second-order valence-electron chi connectivity index (χ2n) is 15.3. The fourth-order valence-electron chi connectivity index (χ4n) is 6.79. The lowest BCUT2D eigenvalue weighted by Gasteiger charge is -2.29. The lowest BCUT2D eigenvalue weighted by atomic mass is 10.0. The largest absolute Gasteiger partial charge is 0.361 e. The van der Waals surface area contributed by atoms with Crippen molar-refractivity contribution in [3.63, 3.8) is 0 Å². The van der Waals surface area contributed by atoms with Gasteiger partial charge in [-0.1, -0.05) is 64.1 Å². The predicted octanol–water partition coefficient (Wildman–Crippen LogP) is 6.90. The van der Waals surface area contributed by atoms with Crippen LogP contribution >= 0.6 is 15.2 Å². The fraction of sp³-hybridized carbons (Fsp3) is 0.524. The van der Waals surface area contributed by atoms with Crippen LogP contribution in [0.1, 0.15) is 86.3 Å². The minimum atomic E-state index is -4.14. The zero-order chi connectivity index (χ0) is 44.6. The molecule has 0 radical (unpaired) electrons. The molecule has 2 aromatic heterocycles. The summed E-state index contributed by atoms with van der Waals surface area (Å²) in [6.07, 6.45) is 4.83. The van der Waals surface area contributed by atoms with Gasteiger partial charge in [-0.05, 0) is 68.7 Å². The number of nitrogens with one attached hydrogen (secondary N) is 6. The summed E-state index contributed by atoms with van der Waals surface area (Å²) in [4.78, 5) is 65.9. The van der Waals surface area contributed by atoms with Crippen LogP contribution in [-0.4, -0.2) is 82.0 Å². The number of amides is 4. The van der Waals surface area contributed by atoms with E-state index in [-0.39, 0.29) is 56.3 Å². The van der Waals surface area contributed by atoms with E-state index in [1.165, 1.54) is 13.8 Å². The third-order valence-corrected chi connectivity index (χ3v) is 13.3. The molecule has 0 bridgehead atoms. The number of rotatable bonds is 22. The molecule has 0 aliphatic rings. The van der Waals surface area contributed by atoms with Crippen molar-refractivity contribution < 1.29 is 46.8 Å². The number of H-pyrrole nitrogens is 2. The first-order chi connectivity index (χ1) is 28.3. The van der Waals surface area contributed by atoms with Crippen molar-refractivity contribution >= 4 is 60.6 Å². The number of carbonyl (C=O) groups is 4. The van der Waals surface area contributed by atoms with Crippen molar-refractivity contribution in [2.24, 2.45) is 11.8 Å². The Bertz CT molecular complexity index is 2110. The van der Waals surface area contributed by atoms with E-state index in [2.05, 4.69) is 31.2 Å². The van der Waals surface area contributed by atoms with Crippen LogP contribution < -0.4 is 21.3 Å². The highest BCUT2D eigenvalue weighted by molar-refractivity contribution is 7.54. The van der Waals surface area contributed by atoms with Crippen molar-refractivity contribution in [2.45, 2.75) is 112 Å². The Balaban J connectivity index is 0.000000321. The van der Waals surface area contributed by atoms with E-state index in [1.54, 1.807) is 27.0 Å². The van der Waals surface area contributed by atoms with Gasteiger partial charge in [0.05, 0.1) is 19.8 Å². The third-order valence-electron chi connectivity index (χ3n) is 9.30. The summed E-state index contributed by atoms with van der Waals surface area (Å²) in [7, 11) is -7.81. The van der Waals surface area contributed by atoms with Gasteiger partial charge in [0.2, 0.25) is 23.6 Å². The molecule has 60 heavy (non-hydrogen) atoms. The molecular weight excluding hydrogens is 810 g/mol. The van der Waals surface area contributed by atoms with Gasteiger partial charge < -0.3 is 49.7 Å². The summed E-state index contributed by atoms with van der Waals surface area (Å²) in [6, 6.07) is 13.8. The quantitative estimate of drug-likeness (QED) is 0.0404. The van der Waals surface area contributed by atoms with Gasteiger partial charge >= 0.3 is 15.2 Å². The molecule has 5 unspecified atom stereocenters. The smallest absolute Gasteiger partial charge is 0.353 e. The number of aromatic amines is 2. The van der Waals surface area contributed by atoms with Gasteiger partial charge in [-0.25, -0.2) is 0 Å². The van der Waals surface area contributed by atoms with Crippen LogP contribution in [0.4, 0.5) is 0 Å². The van der Waals surface area contributed by atoms with Crippen LogP contribution in [0.15, 0.2) is 60.9 Å². The van der Waals surface area contributed by atoms with E-state index < -0.39 is 50.7 Å². The molecule has 2 heterocycles. The van der Waals surface area contributed by atoms with E-state index in [1.807, 2.05) is 82.4 Å². The first-order valence-corrected chi connectivity index (χ1v) is 23.7. The monoisotopic (exact) mass is 874 g/mol. The molecule has 0 spiro atoms. The van der Waals surface area contributed by atoms with E-state index >= 15 is 0 Å². The minimum absolute atomic E-state index is 0.0369. The number of benzene rings is 2. The summed E-state index contributed by atoms with van der Waals surface area (Å²) < 4.78 is 42.6. The maximum atomic E-state index is 13.6. The summed E-state index contributed by atoms with van der Waals surface area (Å²) in [5.41, 5.74) is 3.52. The van der Waals surface area contributed by atoms with Crippen LogP contribution in [0.3, 0.4) is 0 Å². The summed E-state index contributed by atoms with van der Waals surface area (Å²) >= 11 is 0. The van der Waals surface area contributed by atoms with E-state index in [9.17, 15) is 33.2 Å². The number of para-hydroxylation sites is 2. The number of hydrogen-bond acceptors (Lipinski definition) is 9. The average Bonchev–Trinajstić information content (AvgIpc) is 3.77. The maximum Gasteiger partial charge on any atom is 0.353 e. The molecule has 2 aromatic carbocycles. The minimum Gasteiger partial charge on any atom is -0.361 e. The van der Waals surface area contributed by atoms with Crippen molar-refractivity contribution in [3.8, 4) is 0 Å². The molecule has 0 aliphatic heterocycles. The molecule has 0 saturated heterocycles. The molecule has 4 aromatic rings. The average molecular weight is 875 g/mol. The number of hydrogen-bond donors (Lipinski definition) is 7. The summed E-state index contributed by atoms with van der Waals surface area (Å²) in [5.74, 6) is -3.26. The van der Waals surface area contributed by atoms with Crippen molar-refractivity contribution in [1.82, 2.24) is 31.2 Å². The Hall–Kier alpha value is -4.30. The lowest BCUT2D eigenvalue weighted by molar-refractivity contribution is -0.128. The fourth-order valence-corrected chi connectivity index (χ4v) is 9.91. The van der Waals surface area contributed by atoms with Crippen molar-refractivity contribution in [1.29, 1.82) is 0 Å². The molecule has 7 N–H and O–H groups in total. The van der Waals surface area contributed by atoms with Gasteiger partial charge in [-0.15, -0.1) is 0 Å². The zero-order valence-corrected chi connectivity index (χ0v) is 38.0. The molecule has 0 fully saturated rings. The van der Waals surface area contributed by atoms with Gasteiger partial charge in [0.1, 0.15) is 23.6 Å². The Labute approximate surface area is 353 Å². The summed E-state index contributed by atoms with van der Waals surface area (Å²) in [6.45, 7) is 16.0. The van der Waals surface area contributed by atoms with Crippen LogP contribution in [-0.2, 0) is 54.7 Å². The van der Waals surface area contributed by atoms with Crippen LogP contribution in [0.25, 0.3) is 21.8 Å². The van der Waals surface area contributed by atoms with E-state index in [0.29, 0.717) is 12.8 Å². The van der Waals surface area contributed by atoms with E-state index in [4.69, 9.17) is 13.6 Å². The Morgan fingerprint density at radius 2 is 1.00 bits per heavy atom. The Kier molecular flexibility index (Phi) is 19.7. The zero-order valence-electron chi connectivity index (χ0n) is 36.2. The molecule has 16 nitrogen and oxygen atoms in total. The molecular formula is C42H64N6O10P2. The Morgan fingerprint density at radius 1 is 0.617 bits per heavy atom. The summed E-state index contributed by atoms with van der Waals surface area (Å²) in [5, 5.41) is 12.7. The second kappa shape index (κ2) is 23.6. The van der Waals surface area contributed by atoms with Gasteiger partial charge in [-0.2, -0.15) is 0 Å². The number of carbonyl (C=O) groups excluding carboxylic acids is 4. The Morgan fingerprint density at radius 3 is 1.38 bits per heavy atom. The standard InChI is InChI=1S/C22H34N3O5P.C20H30N3O5P/c1-6-29-31(28,30-7-2)21(13-17-14-23-19-11-9-8-10-18(17)19)25-22(27)20(12-15(3)4)24-16(5)26;1-5-28-29(26,27)19(11-15-12-21-17-9-7-6-8-16(15)17)23-20(25)18(10-13(2)3)22-14(4)24/h8-11,14-15,20-21,23H,6-7,12-13H2,1-5H3,(H,24,26)(H,25,27);6-9,12-13,18-19,21H,5,10-11H2,1-4H3,(H,22,24)(H,23,25)(H,26,27). The first-order valence-electron chi connectivity index (χ1n) is 20.4.